The highest BCUT2D eigenvalue weighted by molar-refractivity contribution is 8.00. The van der Waals surface area contributed by atoms with Crippen molar-refractivity contribution >= 4 is 38.1 Å². The normalized spacial score (nSPS) is 12.7. The van der Waals surface area contributed by atoms with E-state index >= 15 is 0 Å². The third-order valence-corrected chi connectivity index (χ3v) is 7.48. The van der Waals surface area contributed by atoms with Gasteiger partial charge >= 0.3 is 0 Å². The molecule has 0 saturated carbocycles. The minimum Gasteiger partial charge on any atom is -0.455 e. The summed E-state index contributed by atoms with van der Waals surface area (Å²) in [6.07, 6.45) is 3.27. The van der Waals surface area contributed by atoms with Gasteiger partial charge in [0, 0.05) is 51.8 Å². The summed E-state index contributed by atoms with van der Waals surface area (Å²) in [5.41, 5.74) is 4.29. The molecule has 8 heteroatoms. The summed E-state index contributed by atoms with van der Waals surface area (Å²) in [7, 11) is -1.22. The third-order valence-electron chi connectivity index (χ3n) is 6.22. The third kappa shape index (κ3) is 4.90. The second-order valence-corrected chi connectivity index (χ2v) is 11.3. The van der Waals surface area contributed by atoms with Crippen LogP contribution >= 0.6 is 0 Å². The van der Waals surface area contributed by atoms with Gasteiger partial charge in [0.15, 0.2) is 0 Å². The van der Waals surface area contributed by atoms with E-state index in [1.54, 1.807) is 42.0 Å². The van der Waals surface area contributed by atoms with Gasteiger partial charge in [-0.25, -0.2) is 8.60 Å². The zero-order valence-electron chi connectivity index (χ0n) is 21.0. The number of pyridine rings is 1. The molecule has 1 amide bonds. The Labute approximate surface area is 220 Å². The number of aromatic nitrogens is 1. The lowest BCUT2D eigenvalue weighted by Crippen LogP contribution is -2.30. The molecule has 1 N–H and O–H groups in total. The van der Waals surface area contributed by atoms with Gasteiger partial charge in [0.25, 0.3) is 5.91 Å². The average Bonchev–Trinajstić information content (AvgIpc) is 3.30. The van der Waals surface area contributed by atoms with E-state index < -0.39 is 15.5 Å². The summed E-state index contributed by atoms with van der Waals surface area (Å²) < 4.78 is 35.2. The Morgan fingerprint density at radius 1 is 1.03 bits per heavy atom. The first-order chi connectivity index (χ1) is 18.3. The fourth-order valence-electron chi connectivity index (χ4n) is 4.41. The van der Waals surface area contributed by atoms with Crippen LogP contribution in [0, 0.1) is 5.82 Å². The highest BCUT2D eigenvalue weighted by atomic mass is 32.2. The Kier molecular flexibility index (Phi) is 6.73. The van der Waals surface area contributed by atoms with Crippen LogP contribution in [0.1, 0.15) is 16.1 Å². The molecule has 0 bridgehead atoms. The van der Waals surface area contributed by atoms with Crippen molar-refractivity contribution in [1.82, 2.24) is 10.3 Å². The zero-order chi connectivity index (χ0) is 26.9. The molecule has 0 saturated heterocycles. The number of carbonyl (C=O) groups excluding carboxylic acids is 1. The number of rotatable bonds is 7. The van der Waals surface area contributed by atoms with Crippen molar-refractivity contribution in [2.24, 2.45) is 0 Å². The predicted molar refractivity (Wildman–Crippen MR) is 152 cm³/mol. The summed E-state index contributed by atoms with van der Waals surface area (Å²) in [5.74, 6) is 3.57. The molecule has 1 atom stereocenters. The van der Waals surface area contributed by atoms with Crippen LogP contribution in [0.2, 0.25) is 0 Å². The summed E-state index contributed by atoms with van der Waals surface area (Å²) in [6, 6.07) is 24.6. The van der Waals surface area contributed by atoms with Crippen LogP contribution in [0.3, 0.4) is 0 Å². The molecule has 0 aliphatic heterocycles. The van der Waals surface area contributed by atoms with Gasteiger partial charge in [0.1, 0.15) is 17.2 Å². The van der Waals surface area contributed by atoms with Gasteiger partial charge in [-0.2, -0.15) is 0 Å². The van der Waals surface area contributed by atoms with Crippen LogP contribution in [0.25, 0.3) is 33.4 Å². The van der Waals surface area contributed by atoms with Gasteiger partial charge in [0.05, 0.1) is 23.5 Å². The molecule has 0 aliphatic carbocycles. The van der Waals surface area contributed by atoms with Gasteiger partial charge in [-0.15, -0.1) is 0 Å². The highest BCUT2D eigenvalue weighted by Gasteiger charge is 2.26. The second-order valence-electron chi connectivity index (χ2n) is 8.94. The SMILES string of the molecule is C=S(C)(=O)N(Cc1ccccn1)c1cc2oc(-c3ccc(F)cc3)c(C(=O)NC)c2cc1-c1ccccc1. The zero-order valence-corrected chi connectivity index (χ0v) is 21.8. The summed E-state index contributed by atoms with van der Waals surface area (Å²) in [5, 5.41) is 3.27. The van der Waals surface area contributed by atoms with Crippen LogP contribution in [0.15, 0.2) is 95.5 Å². The predicted octanol–water partition coefficient (Wildman–Crippen LogP) is 5.93. The minimum absolute atomic E-state index is 0.249. The number of anilines is 1. The minimum atomic E-state index is -2.77. The van der Waals surface area contributed by atoms with E-state index in [9.17, 15) is 13.4 Å². The molecular weight excluding hydrogens is 501 g/mol. The van der Waals surface area contributed by atoms with Crippen LogP contribution < -0.4 is 9.62 Å². The number of carbonyl (C=O) groups is 1. The molecule has 6 nitrogen and oxygen atoms in total. The molecule has 0 radical (unpaired) electrons. The van der Waals surface area contributed by atoms with E-state index in [1.807, 2.05) is 54.6 Å². The van der Waals surface area contributed by atoms with Crippen molar-refractivity contribution in [3.8, 4) is 22.5 Å². The maximum atomic E-state index is 13.7. The second kappa shape index (κ2) is 10.1. The maximum Gasteiger partial charge on any atom is 0.255 e. The Morgan fingerprint density at radius 2 is 1.74 bits per heavy atom. The van der Waals surface area contributed by atoms with Crippen LogP contribution in [0.5, 0.6) is 0 Å². The number of benzene rings is 3. The van der Waals surface area contributed by atoms with Crippen molar-refractivity contribution in [2.75, 3.05) is 17.6 Å². The van der Waals surface area contributed by atoms with Crippen molar-refractivity contribution in [2.45, 2.75) is 6.54 Å². The van der Waals surface area contributed by atoms with Gasteiger partial charge < -0.3 is 9.73 Å². The summed E-state index contributed by atoms with van der Waals surface area (Å²) in [4.78, 5) is 17.5. The molecule has 0 spiro atoms. The number of halogens is 1. The average molecular weight is 528 g/mol. The molecule has 192 valence electrons. The first-order valence-corrected chi connectivity index (χ1v) is 14.0. The molecule has 2 aromatic heterocycles. The Hall–Kier alpha value is -4.43. The van der Waals surface area contributed by atoms with E-state index in [0.29, 0.717) is 33.5 Å². The Bertz CT molecular complexity index is 1720. The molecule has 38 heavy (non-hydrogen) atoms. The standard InChI is InChI=1S/C30H26FN3O3S/c1-32-30(35)28-25-17-24(20-9-5-4-6-10-20)26(34(38(2,3)36)19-23-11-7-8-16-33-23)18-27(25)37-29(28)21-12-14-22(31)15-13-21/h4-18H,2,19H2,1,3H3,(H,32,35). The molecule has 2 heterocycles. The number of nitrogens with zero attached hydrogens (tertiary/aromatic N) is 2. The number of fused-ring (bicyclic) bond motifs is 1. The maximum absolute atomic E-state index is 13.7. The number of furan rings is 1. The van der Waals surface area contributed by atoms with E-state index in [0.717, 1.165) is 16.8 Å². The molecule has 0 fully saturated rings. The van der Waals surface area contributed by atoms with Gasteiger partial charge in [-0.3, -0.25) is 14.1 Å². The number of hydrogen-bond acceptors (Lipinski definition) is 4. The monoisotopic (exact) mass is 527 g/mol. The van der Waals surface area contributed by atoms with Crippen LogP contribution in [-0.2, 0) is 16.3 Å². The summed E-state index contributed by atoms with van der Waals surface area (Å²) in [6.45, 7) is 0.249. The number of nitrogens with one attached hydrogen (secondary N) is 1. The molecule has 5 aromatic rings. The topological polar surface area (TPSA) is 75.4 Å². The molecule has 5 rings (SSSR count). The van der Waals surface area contributed by atoms with E-state index in [2.05, 4.69) is 16.2 Å². The van der Waals surface area contributed by atoms with Gasteiger partial charge in [-0.05, 0) is 53.9 Å². The van der Waals surface area contributed by atoms with Crippen molar-refractivity contribution in [3.63, 3.8) is 0 Å². The smallest absolute Gasteiger partial charge is 0.255 e. The largest absolute Gasteiger partial charge is 0.455 e. The molecular formula is C30H26FN3O3S. The van der Waals surface area contributed by atoms with E-state index in [4.69, 9.17) is 4.42 Å². The Balaban J connectivity index is 1.81. The number of hydrogen-bond donors (Lipinski definition) is 1. The van der Waals surface area contributed by atoms with Crippen LogP contribution in [-0.4, -0.2) is 34.3 Å². The van der Waals surface area contributed by atoms with Crippen molar-refractivity contribution < 1.29 is 17.8 Å². The highest BCUT2D eigenvalue weighted by Crippen LogP contribution is 2.42. The van der Waals surface area contributed by atoms with Gasteiger partial charge in [-0.1, -0.05) is 36.4 Å². The molecule has 3 aromatic carbocycles. The first kappa shape index (κ1) is 25.2. The van der Waals surface area contributed by atoms with Crippen molar-refractivity contribution in [1.29, 1.82) is 0 Å². The molecule has 1 unspecified atom stereocenters. The Morgan fingerprint density at radius 3 is 2.37 bits per heavy atom. The van der Waals surface area contributed by atoms with Crippen LogP contribution in [0.4, 0.5) is 10.1 Å². The van der Waals surface area contributed by atoms with E-state index in [1.165, 1.54) is 12.1 Å². The fourth-order valence-corrected chi connectivity index (χ4v) is 5.38. The molecule has 0 aliphatic rings. The lowest BCUT2D eigenvalue weighted by atomic mass is 9.98. The van der Waals surface area contributed by atoms with Gasteiger partial charge in [0.2, 0.25) is 0 Å². The quantitative estimate of drug-likeness (QED) is 0.266. The summed E-state index contributed by atoms with van der Waals surface area (Å²) >= 11 is 0. The van der Waals surface area contributed by atoms with Crippen molar-refractivity contribution in [3.05, 3.63) is 108 Å². The fraction of sp³-hybridized carbons (Fsp3) is 0.100. The lowest BCUT2D eigenvalue weighted by molar-refractivity contribution is 0.0964. The lowest BCUT2D eigenvalue weighted by Gasteiger charge is -2.28. The first-order valence-electron chi connectivity index (χ1n) is 11.9. The number of amides is 1. The van der Waals surface area contributed by atoms with E-state index in [-0.39, 0.29) is 12.5 Å².